The predicted molar refractivity (Wildman–Crippen MR) is 41.0 cm³/mol. The molecule has 70 valence electrons. The van der Waals surface area contributed by atoms with Gasteiger partial charge in [-0.3, -0.25) is 4.79 Å². The summed E-state index contributed by atoms with van der Waals surface area (Å²) in [6.07, 6.45) is -1.46. The molecule has 0 aliphatic carbocycles. The number of amides is 1. The number of aliphatic hydroxyl groups is 1. The molecule has 0 rings (SSSR count). The largest absolute Gasteiger partial charge is 0.464 e. The van der Waals surface area contributed by atoms with E-state index >= 15 is 0 Å². The Balaban J connectivity index is 4.09. The van der Waals surface area contributed by atoms with Crippen molar-refractivity contribution in [1.82, 2.24) is 0 Å². The molecule has 12 heavy (non-hydrogen) atoms. The van der Waals surface area contributed by atoms with Crippen molar-refractivity contribution in [1.29, 1.82) is 0 Å². The number of nitrogens with two attached hydrogens (primary N) is 1. The lowest BCUT2D eigenvalue weighted by Crippen LogP contribution is -2.37. The van der Waals surface area contributed by atoms with Gasteiger partial charge in [0, 0.05) is 0 Å². The fraction of sp³-hybridized carbons (Fsp3) is 0.714. The number of rotatable bonds is 4. The van der Waals surface area contributed by atoms with Crippen LogP contribution in [-0.4, -0.2) is 29.7 Å². The molecule has 2 atom stereocenters. The molecule has 0 spiro atoms. The molecule has 0 aliphatic rings. The quantitative estimate of drug-likeness (QED) is 0.538. The highest BCUT2D eigenvalue weighted by Gasteiger charge is 2.27. The fourth-order valence-corrected chi connectivity index (χ4v) is 0.587. The Morgan fingerprint density at radius 1 is 1.58 bits per heavy atom. The fourth-order valence-electron chi connectivity index (χ4n) is 0.587. The highest BCUT2D eigenvalue weighted by molar-refractivity contribution is 5.85. The zero-order valence-electron chi connectivity index (χ0n) is 7.11. The van der Waals surface area contributed by atoms with Crippen molar-refractivity contribution < 1.29 is 19.4 Å². The predicted octanol–water partition coefficient (Wildman–Crippen LogP) is -0.968. The zero-order chi connectivity index (χ0) is 9.72. The van der Waals surface area contributed by atoms with Crippen LogP contribution in [0.3, 0.4) is 0 Å². The monoisotopic (exact) mass is 175 g/mol. The Morgan fingerprint density at radius 3 is 2.42 bits per heavy atom. The number of carbonyl (C=O) groups is 2. The molecule has 3 N–H and O–H groups in total. The third-order valence-electron chi connectivity index (χ3n) is 1.45. The summed E-state index contributed by atoms with van der Waals surface area (Å²) in [7, 11) is 0. The van der Waals surface area contributed by atoms with E-state index in [1.54, 1.807) is 6.92 Å². The lowest BCUT2D eigenvalue weighted by atomic mass is 10.1. The van der Waals surface area contributed by atoms with Crippen LogP contribution in [0.4, 0.5) is 0 Å². The third kappa shape index (κ3) is 2.87. The van der Waals surface area contributed by atoms with Crippen LogP contribution in [0, 0.1) is 5.92 Å². The number of hydrogen-bond acceptors (Lipinski definition) is 4. The van der Waals surface area contributed by atoms with Gasteiger partial charge in [0.15, 0.2) is 6.10 Å². The Kier molecular flexibility index (Phi) is 4.28. The number of carbonyl (C=O) groups excluding carboxylic acids is 2. The minimum absolute atomic E-state index is 0.168. The van der Waals surface area contributed by atoms with Crippen molar-refractivity contribution in [2.24, 2.45) is 11.7 Å². The molecule has 0 bridgehead atoms. The van der Waals surface area contributed by atoms with Crippen molar-refractivity contribution in [2.75, 3.05) is 6.61 Å². The van der Waals surface area contributed by atoms with E-state index in [2.05, 4.69) is 4.74 Å². The van der Waals surface area contributed by atoms with Crippen LogP contribution in [0.5, 0.6) is 0 Å². The summed E-state index contributed by atoms with van der Waals surface area (Å²) in [5.41, 5.74) is 4.86. The second-order valence-electron chi connectivity index (χ2n) is 2.39. The van der Waals surface area contributed by atoms with Gasteiger partial charge < -0.3 is 15.6 Å². The van der Waals surface area contributed by atoms with Gasteiger partial charge >= 0.3 is 5.97 Å². The first-order valence-corrected chi connectivity index (χ1v) is 3.64. The van der Waals surface area contributed by atoms with Crippen molar-refractivity contribution in [3.05, 3.63) is 0 Å². The number of primary amides is 1. The van der Waals surface area contributed by atoms with E-state index in [1.165, 1.54) is 6.92 Å². The van der Waals surface area contributed by atoms with Gasteiger partial charge in [-0.2, -0.15) is 0 Å². The van der Waals surface area contributed by atoms with Crippen LogP contribution in [-0.2, 0) is 14.3 Å². The second kappa shape index (κ2) is 4.71. The van der Waals surface area contributed by atoms with Crippen molar-refractivity contribution in [3.8, 4) is 0 Å². The summed E-state index contributed by atoms with van der Waals surface area (Å²) >= 11 is 0. The van der Waals surface area contributed by atoms with Crippen LogP contribution in [0.15, 0.2) is 0 Å². The topological polar surface area (TPSA) is 89.6 Å². The molecule has 1 amide bonds. The van der Waals surface area contributed by atoms with Gasteiger partial charge in [0.2, 0.25) is 5.91 Å². The molecule has 0 fully saturated rings. The second-order valence-corrected chi connectivity index (χ2v) is 2.39. The van der Waals surface area contributed by atoms with Crippen molar-refractivity contribution >= 4 is 11.9 Å². The molecule has 0 radical (unpaired) electrons. The molecule has 0 unspecified atom stereocenters. The summed E-state index contributed by atoms with van der Waals surface area (Å²) in [6.45, 7) is 3.14. The van der Waals surface area contributed by atoms with Crippen molar-refractivity contribution in [3.63, 3.8) is 0 Å². The third-order valence-corrected chi connectivity index (χ3v) is 1.45. The number of hydrogen-bond donors (Lipinski definition) is 2. The summed E-state index contributed by atoms with van der Waals surface area (Å²) in [4.78, 5) is 21.3. The van der Waals surface area contributed by atoms with Gasteiger partial charge in [-0.05, 0) is 6.92 Å². The lowest BCUT2D eigenvalue weighted by Gasteiger charge is -2.13. The maximum Gasteiger partial charge on any atom is 0.335 e. The summed E-state index contributed by atoms with van der Waals surface area (Å²) < 4.78 is 4.48. The van der Waals surface area contributed by atoms with E-state index in [9.17, 15) is 9.59 Å². The van der Waals surface area contributed by atoms with Gasteiger partial charge in [0.05, 0.1) is 12.5 Å². The van der Waals surface area contributed by atoms with Gasteiger partial charge in [0.1, 0.15) is 0 Å². The zero-order valence-corrected chi connectivity index (χ0v) is 7.11. The number of ether oxygens (including phenoxy) is 1. The minimum Gasteiger partial charge on any atom is -0.464 e. The van der Waals surface area contributed by atoms with Crippen LogP contribution in [0.1, 0.15) is 13.8 Å². The van der Waals surface area contributed by atoms with E-state index in [-0.39, 0.29) is 6.61 Å². The maximum atomic E-state index is 10.8. The lowest BCUT2D eigenvalue weighted by molar-refractivity contribution is -0.157. The van der Waals surface area contributed by atoms with E-state index in [0.717, 1.165) is 0 Å². The standard InChI is InChI=1S/C7H13NO4/c1-3-12-7(11)5(9)4(2)6(8)10/h4-5,9H,3H2,1-2H3,(H2,8,10)/t4-,5+/m0/s1. The van der Waals surface area contributed by atoms with Crippen LogP contribution in [0.25, 0.3) is 0 Å². The van der Waals surface area contributed by atoms with E-state index in [0.29, 0.717) is 0 Å². The normalized spacial score (nSPS) is 14.9. The summed E-state index contributed by atoms with van der Waals surface area (Å²) in [6, 6.07) is 0. The van der Waals surface area contributed by atoms with Gasteiger partial charge in [-0.15, -0.1) is 0 Å². The Bertz CT molecular complexity index is 180. The molecule has 0 saturated heterocycles. The van der Waals surface area contributed by atoms with Crippen molar-refractivity contribution in [2.45, 2.75) is 20.0 Å². The average molecular weight is 175 g/mol. The first kappa shape index (κ1) is 10.9. The van der Waals surface area contributed by atoms with Gasteiger partial charge in [0.25, 0.3) is 0 Å². The van der Waals surface area contributed by atoms with E-state index in [1.807, 2.05) is 0 Å². The first-order valence-electron chi connectivity index (χ1n) is 3.64. The molecule has 0 aromatic heterocycles. The molecule has 0 aromatic carbocycles. The number of aliphatic hydroxyl groups excluding tert-OH is 1. The SMILES string of the molecule is CCOC(=O)[C@H](O)[C@H](C)C(N)=O. The summed E-state index contributed by atoms with van der Waals surface area (Å²) in [5.74, 6) is -2.46. The maximum absolute atomic E-state index is 10.8. The van der Waals surface area contributed by atoms with Gasteiger partial charge in [-0.25, -0.2) is 4.79 Å². The van der Waals surface area contributed by atoms with Gasteiger partial charge in [-0.1, -0.05) is 6.92 Å². The molecular weight excluding hydrogens is 162 g/mol. The molecule has 0 aliphatic heterocycles. The smallest absolute Gasteiger partial charge is 0.335 e. The summed E-state index contributed by atoms with van der Waals surface area (Å²) in [5, 5.41) is 9.11. The Labute approximate surface area is 70.5 Å². The highest BCUT2D eigenvalue weighted by atomic mass is 16.5. The molecule has 0 saturated carbocycles. The van der Waals surface area contributed by atoms with E-state index in [4.69, 9.17) is 10.8 Å². The molecule has 5 nitrogen and oxygen atoms in total. The minimum atomic E-state index is -1.46. The molecule has 0 aromatic rings. The van der Waals surface area contributed by atoms with Crippen LogP contribution in [0.2, 0.25) is 0 Å². The Hall–Kier alpha value is -1.10. The Morgan fingerprint density at radius 2 is 2.08 bits per heavy atom. The first-order chi connectivity index (χ1) is 5.50. The van der Waals surface area contributed by atoms with E-state index < -0.39 is 23.9 Å². The highest BCUT2D eigenvalue weighted by Crippen LogP contribution is 2.03. The molecule has 5 heteroatoms. The molecular formula is C7H13NO4. The van der Waals surface area contributed by atoms with Crippen LogP contribution < -0.4 is 5.73 Å². The van der Waals surface area contributed by atoms with Crippen LogP contribution >= 0.6 is 0 Å². The number of esters is 1. The molecule has 0 heterocycles. The average Bonchev–Trinajstić information content (AvgIpc) is 2.02.